The van der Waals surface area contributed by atoms with Gasteiger partial charge in [0.1, 0.15) is 11.7 Å². The molecule has 2 N–H and O–H groups in total. The van der Waals surface area contributed by atoms with Gasteiger partial charge in [0.2, 0.25) is 5.91 Å². The van der Waals surface area contributed by atoms with Gasteiger partial charge < -0.3 is 15.3 Å². The maximum atomic E-state index is 11.9. The first-order valence-corrected chi connectivity index (χ1v) is 6.51. The monoisotopic (exact) mass is 293 g/mol. The predicted molar refractivity (Wildman–Crippen MR) is 74.5 cm³/mol. The number of hydrogen-bond acceptors (Lipinski definition) is 5. The van der Waals surface area contributed by atoms with Gasteiger partial charge in [-0.2, -0.15) is 0 Å². The molecule has 0 aliphatic carbocycles. The lowest BCUT2D eigenvalue weighted by Crippen LogP contribution is -2.55. The molecule has 1 atom stereocenters. The zero-order valence-corrected chi connectivity index (χ0v) is 11.4. The molecule has 0 radical (unpaired) electrons. The largest absolute Gasteiger partial charge is 0.478 e. The molecule has 1 aliphatic heterocycles. The number of benzene rings is 1. The third kappa shape index (κ3) is 2.78. The van der Waals surface area contributed by atoms with Gasteiger partial charge >= 0.3 is 5.97 Å². The Hall–Kier alpha value is -2.64. The highest BCUT2D eigenvalue weighted by atomic mass is 16.6. The van der Waals surface area contributed by atoms with Crippen molar-refractivity contribution < 1.29 is 19.6 Å². The van der Waals surface area contributed by atoms with Crippen LogP contribution >= 0.6 is 0 Å². The van der Waals surface area contributed by atoms with Crippen LogP contribution in [0.2, 0.25) is 0 Å². The number of amides is 1. The Bertz CT molecular complexity index is 601. The first kappa shape index (κ1) is 14.8. The molecule has 1 saturated heterocycles. The van der Waals surface area contributed by atoms with Crippen molar-refractivity contribution in [2.24, 2.45) is 0 Å². The summed E-state index contributed by atoms with van der Waals surface area (Å²) in [6.07, 6.45) is 0.473. The molecule has 0 aromatic heterocycles. The summed E-state index contributed by atoms with van der Waals surface area (Å²) in [5, 5.41) is 22.9. The van der Waals surface area contributed by atoms with E-state index in [9.17, 15) is 19.7 Å². The number of rotatable bonds is 4. The van der Waals surface area contributed by atoms with Crippen LogP contribution in [0.15, 0.2) is 18.2 Å². The van der Waals surface area contributed by atoms with Crippen molar-refractivity contribution in [3.8, 4) is 0 Å². The standard InChI is InChI=1S/C13H15N3O5/c1-2-9-12(17)14-5-6-15(9)11-7-8(13(18)19)3-4-10(11)16(20)21/h3-4,7,9H,2,5-6H2,1H3,(H,14,17)(H,18,19). The Morgan fingerprint density at radius 1 is 1.57 bits per heavy atom. The molecule has 2 rings (SSSR count). The van der Waals surface area contributed by atoms with Crippen molar-refractivity contribution in [1.82, 2.24) is 5.32 Å². The molecule has 112 valence electrons. The minimum atomic E-state index is -1.17. The molecule has 0 bridgehead atoms. The summed E-state index contributed by atoms with van der Waals surface area (Å²) in [7, 11) is 0. The van der Waals surface area contributed by atoms with Gasteiger partial charge in [0.05, 0.1) is 10.5 Å². The van der Waals surface area contributed by atoms with E-state index in [1.54, 1.807) is 11.8 Å². The first-order valence-electron chi connectivity index (χ1n) is 6.51. The van der Waals surface area contributed by atoms with Gasteiger partial charge in [-0.1, -0.05) is 6.92 Å². The molecule has 21 heavy (non-hydrogen) atoms. The Balaban J connectivity index is 2.53. The van der Waals surface area contributed by atoms with Gasteiger partial charge in [-0.05, 0) is 18.6 Å². The summed E-state index contributed by atoms with van der Waals surface area (Å²) in [5.41, 5.74) is -0.0776. The molecule has 1 unspecified atom stereocenters. The second-order valence-electron chi connectivity index (χ2n) is 4.67. The molecule has 0 saturated carbocycles. The smallest absolute Gasteiger partial charge is 0.335 e. The summed E-state index contributed by atoms with van der Waals surface area (Å²) in [5.74, 6) is -1.38. The maximum Gasteiger partial charge on any atom is 0.335 e. The number of carbonyl (C=O) groups is 2. The van der Waals surface area contributed by atoms with E-state index in [0.29, 0.717) is 19.5 Å². The molecule has 0 spiro atoms. The fraction of sp³-hybridized carbons (Fsp3) is 0.385. The van der Waals surface area contributed by atoms with E-state index in [1.807, 2.05) is 0 Å². The molecule has 1 amide bonds. The van der Waals surface area contributed by atoms with E-state index >= 15 is 0 Å². The first-order chi connectivity index (χ1) is 9.95. The van der Waals surface area contributed by atoms with Gasteiger partial charge in [0.25, 0.3) is 5.69 Å². The zero-order chi connectivity index (χ0) is 15.6. The van der Waals surface area contributed by atoms with Crippen molar-refractivity contribution in [2.45, 2.75) is 19.4 Å². The van der Waals surface area contributed by atoms with E-state index in [1.165, 1.54) is 12.1 Å². The summed E-state index contributed by atoms with van der Waals surface area (Å²) >= 11 is 0. The van der Waals surface area contributed by atoms with Crippen LogP contribution in [0.1, 0.15) is 23.7 Å². The van der Waals surface area contributed by atoms with E-state index < -0.39 is 16.9 Å². The molecular formula is C13H15N3O5. The van der Waals surface area contributed by atoms with Crippen LogP contribution in [-0.4, -0.2) is 41.0 Å². The van der Waals surface area contributed by atoms with Crippen molar-refractivity contribution in [1.29, 1.82) is 0 Å². The number of anilines is 1. The van der Waals surface area contributed by atoms with E-state index in [4.69, 9.17) is 5.11 Å². The Labute approximate surface area is 120 Å². The number of aromatic carboxylic acids is 1. The van der Waals surface area contributed by atoms with Crippen LogP contribution in [-0.2, 0) is 4.79 Å². The molecule has 1 aliphatic rings. The third-order valence-electron chi connectivity index (χ3n) is 3.45. The van der Waals surface area contributed by atoms with E-state index in [-0.39, 0.29) is 22.8 Å². The number of hydrogen-bond donors (Lipinski definition) is 2. The molecule has 1 heterocycles. The van der Waals surface area contributed by atoms with Crippen molar-refractivity contribution in [3.63, 3.8) is 0 Å². The normalized spacial score (nSPS) is 18.2. The lowest BCUT2D eigenvalue weighted by Gasteiger charge is -2.35. The molecule has 8 heteroatoms. The summed E-state index contributed by atoms with van der Waals surface area (Å²) < 4.78 is 0. The van der Waals surface area contributed by atoms with Gasteiger partial charge in [-0.25, -0.2) is 4.79 Å². The summed E-state index contributed by atoms with van der Waals surface area (Å²) in [6, 6.07) is 3.07. The van der Waals surface area contributed by atoms with Gasteiger partial charge in [0.15, 0.2) is 0 Å². The average Bonchev–Trinajstić information content (AvgIpc) is 2.46. The van der Waals surface area contributed by atoms with Crippen molar-refractivity contribution in [2.75, 3.05) is 18.0 Å². The predicted octanol–water partition coefficient (Wildman–Crippen LogP) is 1.01. The number of carboxylic acids is 1. The maximum absolute atomic E-state index is 11.9. The second kappa shape index (κ2) is 5.78. The highest BCUT2D eigenvalue weighted by molar-refractivity contribution is 5.92. The molecule has 1 fully saturated rings. The Morgan fingerprint density at radius 2 is 2.29 bits per heavy atom. The molecule has 1 aromatic rings. The Morgan fingerprint density at radius 3 is 2.86 bits per heavy atom. The third-order valence-corrected chi connectivity index (χ3v) is 3.45. The zero-order valence-electron chi connectivity index (χ0n) is 11.4. The minimum absolute atomic E-state index is 0.0450. The van der Waals surface area contributed by atoms with Gasteiger partial charge in [0, 0.05) is 19.2 Å². The lowest BCUT2D eigenvalue weighted by atomic mass is 10.1. The van der Waals surface area contributed by atoms with Crippen LogP contribution < -0.4 is 10.2 Å². The molecular weight excluding hydrogens is 278 g/mol. The van der Waals surface area contributed by atoms with E-state index in [0.717, 1.165) is 6.07 Å². The summed E-state index contributed by atoms with van der Waals surface area (Å²) in [4.78, 5) is 35.1. The quantitative estimate of drug-likeness (QED) is 0.632. The number of nitrogens with zero attached hydrogens (tertiary/aromatic N) is 2. The number of piperazine rings is 1. The highest BCUT2D eigenvalue weighted by Gasteiger charge is 2.32. The molecule has 1 aromatic carbocycles. The lowest BCUT2D eigenvalue weighted by molar-refractivity contribution is -0.384. The van der Waals surface area contributed by atoms with Crippen LogP contribution in [0.3, 0.4) is 0 Å². The van der Waals surface area contributed by atoms with Crippen LogP contribution in [0.25, 0.3) is 0 Å². The topological polar surface area (TPSA) is 113 Å². The van der Waals surface area contributed by atoms with Crippen molar-refractivity contribution >= 4 is 23.3 Å². The van der Waals surface area contributed by atoms with Crippen LogP contribution in [0.5, 0.6) is 0 Å². The van der Waals surface area contributed by atoms with E-state index in [2.05, 4.69) is 5.32 Å². The van der Waals surface area contributed by atoms with Crippen LogP contribution in [0, 0.1) is 10.1 Å². The SMILES string of the molecule is CCC1C(=O)NCCN1c1cc(C(=O)O)ccc1[N+](=O)[O-]. The van der Waals surface area contributed by atoms with Crippen LogP contribution in [0.4, 0.5) is 11.4 Å². The number of carbonyl (C=O) groups excluding carboxylic acids is 1. The fourth-order valence-corrected chi connectivity index (χ4v) is 2.45. The number of nitrogens with one attached hydrogen (secondary N) is 1. The Kier molecular flexibility index (Phi) is 4.06. The number of nitro groups is 1. The summed E-state index contributed by atoms with van der Waals surface area (Å²) in [6.45, 7) is 2.56. The van der Waals surface area contributed by atoms with Gasteiger partial charge in [-0.3, -0.25) is 14.9 Å². The molecule has 8 nitrogen and oxygen atoms in total. The van der Waals surface area contributed by atoms with Gasteiger partial charge in [-0.15, -0.1) is 0 Å². The minimum Gasteiger partial charge on any atom is -0.478 e. The van der Waals surface area contributed by atoms with Crippen molar-refractivity contribution in [3.05, 3.63) is 33.9 Å². The number of nitro benzene ring substituents is 1. The number of carboxylic acid groups (broad SMARTS) is 1. The average molecular weight is 293 g/mol. The fourth-order valence-electron chi connectivity index (χ4n) is 2.45. The highest BCUT2D eigenvalue weighted by Crippen LogP contribution is 2.32. The second-order valence-corrected chi connectivity index (χ2v) is 4.67.